The number of nitro groups is 1. The second kappa shape index (κ2) is 6.62. The largest absolute Gasteiger partial charge is 0.496 e. The van der Waals surface area contributed by atoms with E-state index in [1.807, 2.05) is 18.2 Å². The Labute approximate surface area is 136 Å². The molecular formula is C16H15N3O3S. The summed E-state index contributed by atoms with van der Waals surface area (Å²) in [6.07, 6.45) is 0.863. The maximum Gasteiger partial charge on any atom is 0.300 e. The summed E-state index contributed by atoms with van der Waals surface area (Å²) in [7, 11) is 1.49. The molecule has 3 rings (SSSR count). The first-order valence-corrected chi connectivity index (χ1v) is 7.90. The smallest absolute Gasteiger partial charge is 0.300 e. The Morgan fingerprint density at radius 1 is 1.30 bits per heavy atom. The molecule has 0 radical (unpaired) electrons. The number of methoxy groups -OCH3 is 1. The highest BCUT2D eigenvalue weighted by atomic mass is 32.1. The molecule has 0 fully saturated rings. The molecule has 23 heavy (non-hydrogen) atoms. The van der Waals surface area contributed by atoms with Crippen LogP contribution in [0.4, 0.5) is 10.8 Å². The van der Waals surface area contributed by atoms with E-state index in [2.05, 4.69) is 22.4 Å². The number of aromatic nitrogens is 1. The van der Waals surface area contributed by atoms with Gasteiger partial charge in [0, 0.05) is 12.6 Å². The summed E-state index contributed by atoms with van der Waals surface area (Å²) in [5.74, 6) is 0.462. The molecule has 0 spiro atoms. The molecule has 0 unspecified atom stereocenters. The summed E-state index contributed by atoms with van der Waals surface area (Å²) in [6.45, 7) is 0.717. The van der Waals surface area contributed by atoms with Gasteiger partial charge in [-0.25, -0.2) is 4.98 Å². The van der Waals surface area contributed by atoms with Crippen LogP contribution in [0.15, 0.2) is 42.5 Å². The second-order valence-corrected chi connectivity index (χ2v) is 5.96. The number of hydrogen-bond acceptors (Lipinski definition) is 6. The van der Waals surface area contributed by atoms with Crippen molar-refractivity contribution in [3.8, 4) is 5.75 Å². The van der Waals surface area contributed by atoms with Crippen LogP contribution in [0.3, 0.4) is 0 Å². The molecule has 0 bridgehead atoms. The standard InChI is InChI=1S/C16H15N3O3S/c1-22-12-9-13(19(20)21)15-14(10-12)23-16(18-15)17-8-7-11-5-3-2-4-6-11/h2-6,9-10H,7-8H2,1H3,(H,17,18). The van der Waals surface area contributed by atoms with Gasteiger partial charge in [-0.3, -0.25) is 10.1 Å². The van der Waals surface area contributed by atoms with Crippen molar-refractivity contribution < 1.29 is 9.66 Å². The number of rotatable bonds is 6. The molecule has 1 aromatic heterocycles. The molecule has 3 aromatic rings. The summed E-state index contributed by atoms with van der Waals surface area (Å²) >= 11 is 1.39. The third kappa shape index (κ3) is 3.40. The van der Waals surface area contributed by atoms with Gasteiger partial charge in [0.25, 0.3) is 5.69 Å². The van der Waals surface area contributed by atoms with Crippen LogP contribution in [0.2, 0.25) is 0 Å². The lowest BCUT2D eigenvalue weighted by Crippen LogP contribution is -2.04. The number of thiazole rings is 1. The van der Waals surface area contributed by atoms with Crippen LogP contribution in [0.25, 0.3) is 10.2 Å². The van der Waals surface area contributed by atoms with Crippen molar-refractivity contribution >= 4 is 32.4 Å². The highest BCUT2D eigenvalue weighted by Gasteiger charge is 2.18. The monoisotopic (exact) mass is 329 g/mol. The van der Waals surface area contributed by atoms with Crippen molar-refractivity contribution in [3.05, 3.63) is 58.1 Å². The molecule has 0 saturated heterocycles. The second-order valence-electron chi connectivity index (χ2n) is 4.93. The van der Waals surface area contributed by atoms with Crippen molar-refractivity contribution in [1.82, 2.24) is 4.98 Å². The number of nitrogens with one attached hydrogen (secondary N) is 1. The van der Waals surface area contributed by atoms with E-state index in [0.29, 0.717) is 16.4 Å². The minimum atomic E-state index is -0.432. The predicted octanol–water partition coefficient (Wildman–Crippen LogP) is 3.87. The summed E-state index contributed by atoms with van der Waals surface area (Å²) in [4.78, 5) is 15.1. The molecule has 0 atom stereocenters. The van der Waals surface area contributed by atoms with Gasteiger partial charge in [-0.15, -0.1) is 0 Å². The van der Waals surface area contributed by atoms with E-state index in [1.165, 1.54) is 30.1 Å². The van der Waals surface area contributed by atoms with Crippen molar-refractivity contribution in [3.63, 3.8) is 0 Å². The van der Waals surface area contributed by atoms with Gasteiger partial charge >= 0.3 is 0 Å². The molecule has 1 N–H and O–H groups in total. The van der Waals surface area contributed by atoms with Gasteiger partial charge < -0.3 is 10.1 Å². The molecule has 2 aromatic carbocycles. The van der Waals surface area contributed by atoms with E-state index in [0.717, 1.165) is 17.7 Å². The third-order valence-electron chi connectivity index (χ3n) is 3.41. The van der Waals surface area contributed by atoms with E-state index in [9.17, 15) is 10.1 Å². The lowest BCUT2D eigenvalue weighted by Gasteiger charge is -2.02. The number of fused-ring (bicyclic) bond motifs is 1. The molecule has 0 aliphatic carbocycles. The molecular weight excluding hydrogens is 314 g/mol. The Kier molecular flexibility index (Phi) is 4.38. The SMILES string of the molecule is COc1cc([N+](=O)[O-])c2nc(NCCc3ccccc3)sc2c1. The predicted molar refractivity (Wildman–Crippen MR) is 91.5 cm³/mol. The summed E-state index contributed by atoms with van der Waals surface area (Å²) in [6, 6.07) is 13.3. The third-order valence-corrected chi connectivity index (χ3v) is 4.37. The van der Waals surface area contributed by atoms with Crippen LogP contribution >= 0.6 is 11.3 Å². The zero-order chi connectivity index (χ0) is 16.2. The van der Waals surface area contributed by atoms with Crippen molar-refractivity contribution in [2.24, 2.45) is 0 Å². The Bertz CT molecular complexity index is 833. The molecule has 6 nitrogen and oxygen atoms in total. The van der Waals surface area contributed by atoms with E-state index >= 15 is 0 Å². The molecule has 1 heterocycles. The number of anilines is 1. The minimum absolute atomic E-state index is 0.0355. The van der Waals surface area contributed by atoms with Gasteiger partial charge in [0.2, 0.25) is 0 Å². The van der Waals surface area contributed by atoms with E-state index in [4.69, 9.17) is 4.74 Å². The minimum Gasteiger partial charge on any atom is -0.496 e. The van der Waals surface area contributed by atoms with Crippen LogP contribution in [0, 0.1) is 10.1 Å². The molecule has 7 heteroatoms. The first kappa shape index (κ1) is 15.2. The highest BCUT2D eigenvalue weighted by molar-refractivity contribution is 7.22. The van der Waals surface area contributed by atoms with Crippen molar-refractivity contribution in [2.75, 3.05) is 19.0 Å². The van der Waals surface area contributed by atoms with Gasteiger partial charge in [-0.1, -0.05) is 41.7 Å². The number of benzene rings is 2. The van der Waals surface area contributed by atoms with Crippen LogP contribution in [0.1, 0.15) is 5.56 Å². The summed E-state index contributed by atoms with van der Waals surface area (Å²) in [5, 5.41) is 15.1. The fourth-order valence-corrected chi connectivity index (χ4v) is 3.22. The number of non-ortho nitro benzene ring substituents is 1. The van der Waals surface area contributed by atoms with Crippen LogP contribution in [-0.4, -0.2) is 23.6 Å². The summed E-state index contributed by atoms with van der Waals surface area (Å²) < 4.78 is 5.85. The van der Waals surface area contributed by atoms with Gasteiger partial charge in [0.15, 0.2) is 10.6 Å². The van der Waals surface area contributed by atoms with E-state index < -0.39 is 4.92 Å². The quantitative estimate of drug-likeness (QED) is 0.549. The van der Waals surface area contributed by atoms with Crippen LogP contribution in [-0.2, 0) is 6.42 Å². The van der Waals surface area contributed by atoms with Crippen LogP contribution in [0.5, 0.6) is 5.75 Å². The maximum atomic E-state index is 11.2. The average Bonchev–Trinajstić information content (AvgIpc) is 2.97. The maximum absolute atomic E-state index is 11.2. The Balaban J connectivity index is 1.79. The summed E-state index contributed by atoms with van der Waals surface area (Å²) in [5.41, 5.74) is 1.59. The number of ether oxygens (including phenoxy) is 1. The fraction of sp³-hybridized carbons (Fsp3) is 0.188. The highest BCUT2D eigenvalue weighted by Crippen LogP contribution is 2.35. The fourth-order valence-electron chi connectivity index (χ4n) is 2.28. The average molecular weight is 329 g/mol. The molecule has 118 valence electrons. The lowest BCUT2D eigenvalue weighted by molar-refractivity contribution is -0.383. The number of nitro benzene ring substituents is 1. The van der Waals surface area contributed by atoms with Gasteiger partial charge in [0.05, 0.1) is 22.8 Å². The zero-order valence-corrected chi connectivity index (χ0v) is 13.3. The number of hydrogen-bond donors (Lipinski definition) is 1. The molecule has 0 aliphatic rings. The zero-order valence-electron chi connectivity index (χ0n) is 12.5. The lowest BCUT2D eigenvalue weighted by atomic mass is 10.1. The van der Waals surface area contributed by atoms with E-state index in [-0.39, 0.29) is 5.69 Å². The van der Waals surface area contributed by atoms with Crippen molar-refractivity contribution in [2.45, 2.75) is 6.42 Å². The normalized spacial score (nSPS) is 10.7. The van der Waals surface area contributed by atoms with Crippen LogP contribution < -0.4 is 10.1 Å². The first-order valence-electron chi connectivity index (χ1n) is 7.08. The van der Waals surface area contributed by atoms with Crippen molar-refractivity contribution in [1.29, 1.82) is 0 Å². The first-order chi connectivity index (χ1) is 11.2. The van der Waals surface area contributed by atoms with Gasteiger partial charge in [-0.2, -0.15) is 0 Å². The Morgan fingerprint density at radius 2 is 2.09 bits per heavy atom. The molecule has 0 aliphatic heterocycles. The topological polar surface area (TPSA) is 77.3 Å². The van der Waals surface area contributed by atoms with E-state index in [1.54, 1.807) is 6.07 Å². The Hall–Kier alpha value is -2.67. The molecule has 0 saturated carbocycles. The van der Waals surface area contributed by atoms with Gasteiger partial charge in [0.1, 0.15) is 5.75 Å². The number of nitrogens with zero attached hydrogens (tertiary/aromatic N) is 2. The molecule has 0 amide bonds. The van der Waals surface area contributed by atoms with Gasteiger partial charge in [-0.05, 0) is 12.0 Å². The Morgan fingerprint density at radius 3 is 2.78 bits per heavy atom.